The van der Waals surface area contributed by atoms with E-state index in [0.29, 0.717) is 17.9 Å². The van der Waals surface area contributed by atoms with Gasteiger partial charge in [-0.1, -0.05) is 19.1 Å². The van der Waals surface area contributed by atoms with Crippen LogP contribution in [-0.2, 0) is 10.5 Å². The fourth-order valence-electron chi connectivity index (χ4n) is 1.23. The van der Waals surface area contributed by atoms with Gasteiger partial charge in [-0.25, -0.2) is 8.78 Å². The largest absolute Gasteiger partial charge is 0.355 e. The van der Waals surface area contributed by atoms with Crippen LogP contribution in [0.1, 0.15) is 18.9 Å². The Morgan fingerprint density at radius 2 is 2.18 bits per heavy atom. The predicted octanol–water partition coefficient (Wildman–Crippen LogP) is 2.72. The molecule has 0 atom stereocenters. The summed E-state index contributed by atoms with van der Waals surface area (Å²) in [6, 6.07) is 4.07. The Hall–Kier alpha value is -1.10. The summed E-state index contributed by atoms with van der Waals surface area (Å²) in [4.78, 5) is 11.2. The molecule has 1 amide bonds. The molecule has 0 heterocycles. The highest BCUT2D eigenvalue weighted by molar-refractivity contribution is 7.99. The fraction of sp³-hybridized carbons (Fsp3) is 0.417. The third-order valence-corrected chi connectivity index (χ3v) is 3.08. The van der Waals surface area contributed by atoms with Crippen LogP contribution in [0.15, 0.2) is 18.2 Å². The normalized spacial score (nSPS) is 10.3. The minimum atomic E-state index is -0.849. The molecule has 0 saturated heterocycles. The van der Waals surface area contributed by atoms with Crippen molar-refractivity contribution in [2.24, 2.45) is 0 Å². The first-order chi connectivity index (χ1) is 8.15. The number of benzene rings is 1. The zero-order valence-electron chi connectivity index (χ0n) is 9.63. The van der Waals surface area contributed by atoms with Gasteiger partial charge in [0, 0.05) is 17.9 Å². The van der Waals surface area contributed by atoms with Gasteiger partial charge in [0.25, 0.3) is 0 Å². The Bertz CT molecular complexity index is 385. The first-order valence-electron chi connectivity index (χ1n) is 5.42. The molecule has 0 saturated carbocycles. The van der Waals surface area contributed by atoms with Gasteiger partial charge in [0.1, 0.15) is 0 Å². The molecule has 1 rings (SSSR count). The standard InChI is InChI=1S/C12H15F2NOS/c1-2-6-15-11(16)8-17-7-9-4-3-5-10(13)12(9)14/h3-5H,2,6-8H2,1H3,(H,15,16). The van der Waals surface area contributed by atoms with Gasteiger partial charge in [0.05, 0.1) is 5.75 Å². The molecule has 1 N–H and O–H groups in total. The molecular weight excluding hydrogens is 244 g/mol. The van der Waals surface area contributed by atoms with E-state index in [9.17, 15) is 13.6 Å². The van der Waals surface area contributed by atoms with Gasteiger partial charge in [-0.15, -0.1) is 11.8 Å². The van der Waals surface area contributed by atoms with Gasteiger partial charge in [-0.2, -0.15) is 0 Å². The molecule has 0 spiro atoms. The van der Waals surface area contributed by atoms with Gasteiger partial charge in [0.15, 0.2) is 11.6 Å². The number of carbonyl (C=O) groups excluding carboxylic acids is 1. The number of halogens is 2. The van der Waals surface area contributed by atoms with Crippen molar-refractivity contribution in [3.05, 3.63) is 35.4 Å². The fourth-order valence-corrected chi connectivity index (χ4v) is 2.06. The van der Waals surface area contributed by atoms with Crippen molar-refractivity contribution in [3.63, 3.8) is 0 Å². The third kappa shape index (κ3) is 4.73. The van der Waals surface area contributed by atoms with E-state index in [1.165, 1.54) is 23.9 Å². The molecule has 0 fully saturated rings. The summed E-state index contributed by atoms with van der Waals surface area (Å²) in [7, 11) is 0. The van der Waals surface area contributed by atoms with Crippen molar-refractivity contribution < 1.29 is 13.6 Å². The van der Waals surface area contributed by atoms with Crippen LogP contribution in [-0.4, -0.2) is 18.2 Å². The molecule has 0 aliphatic rings. The lowest BCUT2D eigenvalue weighted by Crippen LogP contribution is -2.25. The molecule has 17 heavy (non-hydrogen) atoms. The number of thioether (sulfide) groups is 1. The van der Waals surface area contributed by atoms with E-state index in [-0.39, 0.29) is 11.7 Å². The zero-order valence-corrected chi connectivity index (χ0v) is 10.4. The van der Waals surface area contributed by atoms with E-state index in [1.807, 2.05) is 6.92 Å². The molecular formula is C12H15F2NOS. The van der Waals surface area contributed by atoms with Crippen LogP contribution < -0.4 is 5.32 Å². The Balaban J connectivity index is 2.36. The molecule has 1 aromatic carbocycles. The first kappa shape index (κ1) is 14.0. The minimum Gasteiger partial charge on any atom is -0.355 e. The molecule has 0 aromatic heterocycles. The number of nitrogens with one attached hydrogen (secondary N) is 1. The molecule has 1 aromatic rings. The van der Waals surface area contributed by atoms with Crippen LogP contribution in [0.2, 0.25) is 0 Å². The summed E-state index contributed by atoms with van der Waals surface area (Å²) in [5.41, 5.74) is 0.290. The van der Waals surface area contributed by atoms with Crippen molar-refractivity contribution in [1.29, 1.82) is 0 Å². The summed E-state index contributed by atoms with van der Waals surface area (Å²) in [5, 5.41) is 2.72. The van der Waals surface area contributed by atoms with Crippen molar-refractivity contribution in [1.82, 2.24) is 5.32 Å². The van der Waals surface area contributed by atoms with Crippen molar-refractivity contribution >= 4 is 17.7 Å². The van der Waals surface area contributed by atoms with Crippen LogP contribution in [0.25, 0.3) is 0 Å². The summed E-state index contributed by atoms with van der Waals surface area (Å²) in [5.74, 6) is -1.19. The van der Waals surface area contributed by atoms with Crippen molar-refractivity contribution in [2.75, 3.05) is 12.3 Å². The summed E-state index contributed by atoms with van der Waals surface area (Å²) in [6.45, 7) is 2.61. The van der Waals surface area contributed by atoms with Crippen LogP contribution in [0.4, 0.5) is 8.78 Å². The second kappa shape index (κ2) is 7.27. The lowest BCUT2D eigenvalue weighted by atomic mass is 10.2. The SMILES string of the molecule is CCCNC(=O)CSCc1cccc(F)c1F. The predicted molar refractivity (Wildman–Crippen MR) is 65.8 cm³/mol. The number of amides is 1. The Kier molecular flexibility index (Phi) is 5.97. The van der Waals surface area contributed by atoms with Gasteiger partial charge >= 0.3 is 0 Å². The Morgan fingerprint density at radius 1 is 1.41 bits per heavy atom. The number of carbonyl (C=O) groups is 1. The van der Waals surface area contributed by atoms with Gasteiger partial charge in [0.2, 0.25) is 5.91 Å². The van der Waals surface area contributed by atoms with Gasteiger partial charge in [-0.05, 0) is 12.5 Å². The Labute approximate surface area is 104 Å². The molecule has 0 bridgehead atoms. The molecule has 5 heteroatoms. The molecule has 0 radical (unpaired) electrons. The summed E-state index contributed by atoms with van der Waals surface area (Å²) < 4.78 is 26.1. The highest BCUT2D eigenvalue weighted by Gasteiger charge is 2.08. The van der Waals surface area contributed by atoms with E-state index in [1.54, 1.807) is 0 Å². The topological polar surface area (TPSA) is 29.1 Å². The smallest absolute Gasteiger partial charge is 0.230 e. The van der Waals surface area contributed by atoms with Crippen molar-refractivity contribution in [3.8, 4) is 0 Å². The molecule has 2 nitrogen and oxygen atoms in total. The van der Waals surface area contributed by atoms with E-state index >= 15 is 0 Å². The number of rotatable bonds is 6. The van der Waals surface area contributed by atoms with Gasteiger partial charge in [-0.3, -0.25) is 4.79 Å². The monoisotopic (exact) mass is 259 g/mol. The van der Waals surface area contributed by atoms with Crippen LogP contribution in [0, 0.1) is 11.6 Å². The third-order valence-electron chi connectivity index (χ3n) is 2.09. The molecule has 0 unspecified atom stereocenters. The van der Waals surface area contributed by atoms with Crippen LogP contribution in [0.5, 0.6) is 0 Å². The first-order valence-corrected chi connectivity index (χ1v) is 6.58. The summed E-state index contributed by atoms with van der Waals surface area (Å²) >= 11 is 1.27. The number of hydrogen-bond acceptors (Lipinski definition) is 2. The Morgan fingerprint density at radius 3 is 2.88 bits per heavy atom. The molecule has 0 aliphatic carbocycles. The van der Waals surface area contributed by atoms with E-state index in [4.69, 9.17) is 0 Å². The van der Waals surface area contributed by atoms with Gasteiger partial charge < -0.3 is 5.32 Å². The van der Waals surface area contributed by atoms with E-state index in [2.05, 4.69) is 5.32 Å². The van der Waals surface area contributed by atoms with E-state index in [0.717, 1.165) is 12.5 Å². The average Bonchev–Trinajstić information content (AvgIpc) is 2.32. The lowest BCUT2D eigenvalue weighted by Gasteiger charge is -2.05. The summed E-state index contributed by atoms with van der Waals surface area (Å²) in [6.07, 6.45) is 0.884. The maximum Gasteiger partial charge on any atom is 0.230 e. The van der Waals surface area contributed by atoms with E-state index < -0.39 is 11.6 Å². The molecule has 0 aliphatic heterocycles. The zero-order chi connectivity index (χ0) is 12.7. The second-order valence-electron chi connectivity index (χ2n) is 3.56. The quantitative estimate of drug-likeness (QED) is 0.851. The minimum absolute atomic E-state index is 0.0753. The second-order valence-corrected chi connectivity index (χ2v) is 4.54. The average molecular weight is 259 g/mol. The lowest BCUT2D eigenvalue weighted by molar-refractivity contribution is -0.118. The van der Waals surface area contributed by atoms with Crippen molar-refractivity contribution in [2.45, 2.75) is 19.1 Å². The maximum absolute atomic E-state index is 13.2. The highest BCUT2D eigenvalue weighted by atomic mass is 32.2. The molecule has 94 valence electrons. The van der Waals surface area contributed by atoms with Crippen LogP contribution in [0.3, 0.4) is 0 Å². The number of hydrogen-bond donors (Lipinski definition) is 1. The van der Waals surface area contributed by atoms with Crippen LogP contribution >= 0.6 is 11.8 Å². The maximum atomic E-state index is 13.2. The highest BCUT2D eigenvalue weighted by Crippen LogP contribution is 2.17.